The summed E-state index contributed by atoms with van der Waals surface area (Å²) >= 11 is 0. The Morgan fingerprint density at radius 3 is 2.93 bits per heavy atom. The minimum atomic E-state index is -0.340. The van der Waals surface area contributed by atoms with E-state index >= 15 is 0 Å². The third kappa shape index (κ3) is 8.24. The van der Waals surface area contributed by atoms with E-state index in [9.17, 15) is 4.79 Å². The van der Waals surface area contributed by atoms with Gasteiger partial charge in [-0.1, -0.05) is 44.7 Å². The minimum Gasteiger partial charge on any atom is -0.494 e. The molecule has 152 valence electrons. The number of nitrogen functional groups attached to an aromatic ring is 1. The molecular weight excluding hydrogens is 354 g/mol. The molecule has 7 nitrogen and oxygen atoms in total. The molecule has 1 heterocycles. The van der Waals surface area contributed by atoms with Crippen LogP contribution in [0, 0.1) is 0 Å². The van der Waals surface area contributed by atoms with Crippen LogP contribution in [0.4, 0.5) is 11.6 Å². The van der Waals surface area contributed by atoms with Gasteiger partial charge in [0.15, 0.2) is 0 Å². The number of nitrogens with two attached hydrogens (primary N) is 1. The Morgan fingerprint density at radius 1 is 1.25 bits per heavy atom. The van der Waals surface area contributed by atoms with Gasteiger partial charge in [-0.05, 0) is 30.5 Å². The van der Waals surface area contributed by atoms with Crippen LogP contribution in [-0.2, 0) is 0 Å². The summed E-state index contributed by atoms with van der Waals surface area (Å²) < 4.78 is 5.79. The van der Waals surface area contributed by atoms with Gasteiger partial charge in [0.25, 0.3) is 5.56 Å². The van der Waals surface area contributed by atoms with Crippen LogP contribution < -0.4 is 21.3 Å². The molecule has 0 atom stereocenters. The molecule has 1 aromatic carbocycles. The Morgan fingerprint density at radius 2 is 2.11 bits per heavy atom. The van der Waals surface area contributed by atoms with Crippen LogP contribution in [0.1, 0.15) is 51.0 Å². The van der Waals surface area contributed by atoms with Crippen molar-refractivity contribution in [2.24, 2.45) is 4.99 Å². The van der Waals surface area contributed by atoms with Crippen molar-refractivity contribution in [2.75, 3.05) is 30.7 Å². The number of benzene rings is 1. The van der Waals surface area contributed by atoms with E-state index in [4.69, 9.17) is 10.5 Å². The summed E-state index contributed by atoms with van der Waals surface area (Å²) in [6.45, 7) is 4.29. The first kappa shape index (κ1) is 21.5. The molecule has 0 amide bonds. The number of H-pyrrole nitrogens is 1. The molecular formula is C21H31N5O2. The van der Waals surface area contributed by atoms with Gasteiger partial charge < -0.3 is 15.8 Å². The highest BCUT2D eigenvalue weighted by molar-refractivity contribution is 5.80. The lowest BCUT2D eigenvalue weighted by molar-refractivity contribution is 0.315. The summed E-state index contributed by atoms with van der Waals surface area (Å²) in [4.78, 5) is 22.5. The van der Waals surface area contributed by atoms with E-state index in [1.165, 1.54) is 31.9 Å². The van der Waals surface area contributed by atoms with Crippen LogP contribution in [0.2, 0.25) is 0 Å². The second-order valence-corrected chi connectivity index (χ2v) is 6.67. The van der Waals surface area contributed by atoms with Crippen molar-refractivity contribution in [2.45, 2.75) is 45.4 Å². The molecule has 4 N–H and O–H groups in total. The zero-order chi connectivity index (χ0) is 20.0. The molecule has 0 spiro atoms. The molecule has 0 bridgehead atoms. The molecule has 0 radical (unpaired) electrons. The van der Waals surface area contributed by atoms with Crippen LogP contribution in [0.15, 0.2) is 40.2 Å². The van der Waals surface area contributed by atoms with Crippen molar-refractivity contribution >= 4 is 17.9 Å². The zero-order valence-electron chi connectivity index (χ0n) is 16.6. The van der Waals surface area contributed by atoms with Crippen molar-refractivity contribution in [3.63, 3.8) is 0 Å². The number of aliphatic imine (C=N–C) groups is 1. The first-order chi connectivity index (χ1) is 13.7. The number of nitrogens with one attached hydrogen (secondary N) is 2. The van der Waals surface area contributed by atoms with Gasteiger partial charge in [-0.3, -0.25) is 14.8 Å². The van der Waals surface area contributed by atoms with E-state index in [1.807, 2.05) is 30.5 Å². The van der Waals surface area contributed by atoms with E-state index in [1.54, 1.807) is 0 Å². The van der Waals surface area contributed by atoms with Crippen LogP contribution in [0.25, 0.3) is 0 Å². The van der Waals surface area contributed by atoms with Crippen LogP contribution in [-0.4, -0.2) is 35.9 Å². The summed E-state index contributed by atoms with van der Waals surface area (Å²) in [7, 11) is 0. The monoisotopic (exact) mass is 385 g/mol. The third-order valence-electron chi connectivity index (χ3n) is 4.20. The molecule has 0 aliphatic heterocycles. The van der Waals surface area contributed by atoms with Gasteiger partial charge in [0, 0.05) is 19.3 Å². The Labute approximate surface area is 166 Å². The maximum atomic E-state index is 11.4. The molecule has 0 unspecified atom stereocenters. The Balaban J connectivity index is 1.65. The molecule has 0 fully saturated rings. The van der Waals surface area contributed by atoms with Gasteiger partial charge in [-0.15, -0.1) is 0 Å². The average Bonchev–Trinajstić information content (AvgIpc) is 2.70. The smallest absolute Gasteiger partial charge is 0.275 e. The number of anilines is 2. The fraction of sp³-hybridized carbons (Fsp3) is 0.476. The molecule has 0 aliphatic carbocycles. The maximum absolute atomic E-state index is 11.4. The molecule has 0 aliphatic rings. The molecule has 1 aromatic heterocycles. The number of hydrogen-bond acceptors (Lipinski definition) is 6. The lowest BCUT2D eigenvalue weighted by atomic mass is 10.1. The lowest BCUT2D eigenvalue weighted by Gasteiger charge is -2.08. The van der Waals surface area contributed by atoms with Gasteiger partial charge in [-0.25, -0.2) is 4.98 Å². The predicted molar refractivity (Wildman–Crippen MR) is 116 cm³/mol. The van der Waals surface area contributed by atoms with Gasteiger partial charge >= 0.3 is 0 Å². The van der Waals surface area contributed by atoms with Crippen molar-refractivity contribution in [3.8, 4) is 5.75 Å². The first-order valence-electron chi connectivity index (χ1n) is 10.0. The van der Waals surface area contributed by atoms with Gasteiger partial charge in [0.2, 0.25) is 5.95 Å². The van der Waals surface area contributed by atoms with E-state index in [0.717, 1.165) is 30.7 Å². The summed E-state index contributed by atoms with van der Waals surface area (Å²) in [6, 6.07) is 7.93. The maximum Gasteiger partial charge on any atom is 0.275 e. The average molecular weight is 386 g/mol. The van der Waals surface area contributed by atoms with Crippen molar-refractivity contribution in [3.05, 3.63) is 46.4 Å². The zero-order valence-corrected chi connectivity index (χ0v) is 16.6. The third-order valence-corrected chi connectivity index (χ3v) is 4.20. The normalized spacial score (nSPS) is 11.0. The minimum absolute atomic E-state index is 0.105. The standard InChI is InChI=1S/C21H31N5O2/c1-2-3-4-5-6-11-23-15-17-9-7-10-18(14-17)28-13-8-12-24-21-25-16-19(22)20(27)26-21/h7,9-10,14-16H,2-6,8,11-13,22H2,1H3,(H2,24,25,26,27). The number of aromatic nitrogens is 2. The SMILES string of the molecule is CCCCCCCN=Cc1cccc(OCCCNc2ncc(N)c(=O)[nH]2)c1. The largest absolute Gasteiger partial charge is 0.494 e. The lowest BCUT2D eigenvalue weighted by Crippen LogP contribution is -2.17. The van der Waals surface area contributed by atoms with E-state index in [0.29, 0.717) is 19.1 Å². The summed E-state index contributed by atoms with van der Waals surface area (Å²) in [5.74, 6) is 1.23. The fourth-order valence-electron chi connectivity index (χ4n) is 2.62. The predicted octanol–water partition coefficient (Wildman–Crippen LogP) is 3.62. The highest BCUT2D eigenvalue weighted by Gasteiger charge is 1.99. The van der Waals surface area contributed by atoms with Crippen molar-refractivity contribution in [1.82, 2.24) is 9.97 Å². The number of rotatable bonds is 13. The molecule has 0 saturated heterocycles. The Kier molecular flexibility index (Phi) is 9.61. The molecule has 2 aromatic rings. The van der Waals surface area contributed by atoms with Gasteiger partial charge in [-0.2, -0.15) is 0 Å². The second-order valence-electron chi connectivity index (χ2n) is 6.67. The van der Waals surface area contributed by atoms with Gasteiger partial charge in [0.1, 0.15) is 11.4 Å². The van der Waals surface area contributed by atoms with Crippen LogP contribution in [0.3, 0.4) is 0 Å². The number of ether oxygens (including phenoxy) is 1. The number of aromatic amines is 1. The summed E-state index contributed by atoms with van der Waals surface area (Å²) in [5.41, 5.74) is 6.26. The van der Waals surface area contributed by atoms with Crippen molar-refractivity contribution < 1.29 is 4.74 Å². The summed E-state index contributed by atoms with van der Waals surface area (Å²) in [5, 5.41) is 3.04. The second kappa shape index (κ2) is 12.5. The number of nitrogens with zero attached hydrogens (tertiary/aromatic N) is 2. The highest BCUT2D eigenvalue weighted by Crippen LogP contribution is 2.12. The Hall–Kier alpha value is -2.83. The quantitative estimate of drug-likeness (QED) is 0.361. The number of hydrogen-bond donors (Lipinski definition) is 3. The topological polar surface area (TPSA) is 105 Å². The van der Waals surface area contributed by atoms with E-state index in [2.05, 4.69) is 27.2 Å². The van der Waals surface area contributed by atoms with Gasteiger partial charge in [0.05, 0.1) is 12.8 Å². The van der Waals surface area contributed by atoms with Crippen molar-refractivity contribution in [1.29, 1.82) is 0 Å². The van der Waals surface area contributed by atoms with E-state index < -0.39 is 0 Å². The van der Waals surface area contributed by atoms with Crippen LogP contribution >= 0.6 is 0 Å². The highest BCUT2D eigenvalue weighted by atomic mass is 16.5. The first-order valence-corrected chi connectivity index (χ1v) is 10.0. The molecule has 0 saturated carbocycles. The Bertz CT molecular complexity index is 788. The fourth-order valence-corrected chi connectivity index (χ4v) is 2.62. The molecule has 28 heavy (non-hydrogen) atoms. The van der Waals surface area contributed by atoms with Crippen LogP contribution in [0.5, 0.6) is 5.75 Å². The summed E-state index contributed by atoms with van der Waals surface area (Å²) in [6.07, 6.45) is 10.3. The number of unbranched alkanes of at least 4 members (excludes halogenated alkanes) is 4. The molecule has 2 rings (SSSR count). The molecule has 7 heteroatoms. The van der Waals surface area contributed by atoms with E-state index in [-0.39, 0.29) is 11.2 Å².